The zero-order valence-electron chi connectivity index (χ0n) is 23.4. The Balaban J connectivity index is 1.53. The molecule has 204 valence electrons. The quantitative estimate of drug-likeness (QED) is 0.0687. The average molecular weight is 491 g/mol. The zero-order chi connectivity index (χ0) is 24.8. The third-order valence-corrected chi connectivity index (χ3v) is 7.37. The van der Waals surface area contributed by atoms with Gasteiger partial charge in [-0.25, -0.2) is 0 Å². The van der Waals surface area contributed by atoms with Gasteiger partial charge in [-0.05, 0) is 25.7 Å². The Kier molecular flexibility index (Phi) is 18.7. The van der Waals surface area contributed by atoms with Crippen molar-refractivity contribution < 1.29 is 14.2 Å². The number of allylic oxidation sites excluding steroid dienone is 2. The minimum atomic E-state index is 0.0696. The Hall–Kier alpha value is -0.640. The second-order valence-electron chi connectivity index (χ2n) is 10.9. The summed E-state index contributed by atoms with van der Waals surface area (Å²) in [6.07, 6.45) is 37.0. The van der Waals surface area contributed by atoms with Gasteiger partial charge in [0, 0.05) is 0 Å². The first-order valence-electron chi connectivity index (χ1n) is 15.6. The molecule has 3 heteroatoms. The lowest BCUT2D eigenvalue weighted by Crippen LogP contribution is -2.27. The summed E-state index contributed by atoms with van der Waals surface area (Å²) in [5, 5.41) is 0. The maximum atomic E-state index is 6.46. The lowest BCUT2D eigenvalue weighted by atomic mass is 10.1. The van der Waals surface area contributed by atoms with E-state index in [0.29, 0.717) is 0 Å². The summed E-state index contributed by atoms with van der Waals surface area (Å²) in [7, 11) is 0. The average Bonchev–Trinajstić information content (AvgIpc) is 3.77. The first-order chi connectivity index (χ1) is 17.3. The molecule has 0 aromatic heterocycles. The molecule has 35 heavy (non-hydrogen) atoms. The molecular weight excluding hydrogens is 432 g/mol. The molecule has 2 heterocycles. The van der Waals surface area contributed by atoms with E-state index in [1.165, 1.54) is 116 Å². The van der Waals surface area contributed by atoms with E-state index < -0.39 is 0 Å². The van der Waals surface area contributed by atoms with Gasteiger partial charge < -0.3 is 14.2 Å². The van der Waals surface area contributed by atoms with Gasteiger partial charge in [-0.3, -0.25) is 0 Å². The summed E-state index contributed by atoms with van der Waals surface area (Å²) >= 11 is 0. The van der Waals surface area contributed by atoms with Gasteiger partial charge in [-0.2, -0.15) is 0 Å². The number of hydrogen-bond donors (Lipinski definition) is 0. The van der Waals surface area contributed by atoms with Crippen molar-refractivity contribution in [2.24, 2.45) is 0 Å². The molecule has 0 radical (unpaired) electrons. The monoisotopic (exact) mass is 490 g/mol. The molecule has 2 fully saturated rings. The lowest BCUT2D eigenvalue weighted by Gasteiger charge is -2.18. The Morgan fingerprint density at radius 1 is 0.543 bits per heavy atom. The number of epoxide rings is 2. The molecule has 0 N–H and O–H groups in total. The van der Waals surface area contributed by atoms with Crippen LogP contribution in [0.25, 0.3) is 0 Å². The van der Waals surface area contributed by atoms with Gasteiger partial charge in [-0.1, -0.05) is 141 Å². The molecule has 0 aromatic carbocycles. The van der Waals surface area contributed by atoms with Crippen LogP contribution >= 0.6 is 0 Å². The number of hydrogen-bond acceptors (Lipinski definition) is 3. The van der Waals surface area contributed by atoms with Crippen molar-refractivity contribution in [2.75, 3.05) is 13.2 Å². The highest BCUT2D eigenvalue weighted by molar-refractivity contribution is 5.03. The van der Waals surface area contributed by atoms with E-state index in [1.807, 2.05) is 0 Å². The molecule has 3 nitrogen and oxygen atoms in total. The topological polar surface area (TPSA) is 34.3 Å². The van der Waals surface area contributed by atoms with Gasteiger partial charge in [0.15, 0.2) is 0 Å². The second kappa shape index (κ2) is 21.4. The molecule has 0 spiro atoms. The van der Waals surface area contributed by atoms with Crippen molar-refractivity contribution in [2.45, 2.75) is 167 Å². The first kappa shape index (κ1) is 30.6. The van der Waals surface area contributed by atoms with E-state index >= 15 is 0 Å². The van der Waals surface area contributed by atoms with E-state index in [4.69, 9.17) is 14.2 Å². The third kappa shape index (κ3) is 17.5. The third-order valence-electron chi connectivity index (χ3n) is 7.37. The summed E-state index contributed by atoms with van der Waals surface area (Å²) in [4.78, 5) is 0. The number of unbranched alkanes of at least 4 members (excludes halogenated alkanes) is 18. The maximum Gasteiger partial charge on any atom is 0.111 e. The highest BCUT2D eigenvalue weighted by atomic mass is 16.6. The predicted octanol–water partition coefficient (Wildman–Crippen LogP) is 9.49. The minimum Gasteiger partial charge on any atom is -0.370 e. The molecule has 0 aliphatic carbocycles. The Morgan fingerprint density at radius 3 is 1.17 bits per heavy atom. The Labute approximate surface area is 218 Å². The minimum absolute atomic E-state index is 0.0696. The fourth-order valence-electron chi connectivity index (χ4n) is 4.79. The van der Waals surface area contributed by atoms with Crippen molar-refractivity contribution in [3.8, 4) is 0 Å². The summed E-state index contributed by atoms with van der Waals surface area (Å²) in [6, 6.07) is 0. The molecular formula is C32H58O3. The van der Waals surface area contributed by atoms with Crippen LogP contribution in [0.15, 0.2) is 24.3 Å². The van der Waals surface area contributed by atoms with E-state index in [1.54, 1.807) is 0 Å². The summed E-state index contributed by atoms with van der Waals surface area (Å²) in [5.41, 5.74) is 0. The van der Waals surface area contributed by atoms with Crippen LogP contribution in [0.2, 0.25) is 0 Å². The van der Waals surface area contributed by atoms with Crippen molar-refractivity contribution in [1.29, 1.82) is 0 Å². The molecule has 4 atom stereocenters. The zero-order valence-corrected chi connectivity index (χ0v) is 23.4. The molecule has 2 aliphatic heterocycles. The van der Waals surface area contributed by atoms with Crippen molar-refractivity contribution in [3.05, 3.63) is 24.3 Å². The summed E-state index contributed by atoms with van der Waals surface area (Å²) in [6.45, 7) is 6.23. The standard InChI is InChI=1S/C32H58O3/c1-3-5-7-9-11-13-15-17-19-21-23-25-29(31-27-33-31)35-30(32-28-34-32)26-24-22-20-18-16-14-12-10-8-6-4-2/h23-26,29-32H,3-22,27-28H2,1-2H3/b25-23+,26-24+. The van der Waals surface area contributed by atoms with E-state index in [-0.39, 0.29) is 24.4 Å². The van der Waals surface area contributed by atoms with Crippen LogP contribution in [0, 0.1) is 0 Å². The summed E-state index contributed by atoms with van der Waals surface area (Å²) in [5.74, 6) is 0. The molecule has 0 aromatic rings. The van der Waals surface area contributed by atoms with Crippen LogP contribution in [0.5, 0.6) is 0 Å². The Bertz CT molecular complexity index is 475. The van der Waals surface area contributed by atoms with Crippen LogP contribution in [0.3, 0.4) is 0 Å². The number of ether oxygens (including phenoxy) is 3. The van der Waals surface area contributed by atoms with E-state index in [2.05, 4.69) is 38.2 Å². The van der Waals surface area contributed by atoms with Gasteiger partial charge in [0.25, 0.3) is 0 Å². The highest BCUT2D eigenvalue weighted by Crippen LogP contribution is 2.26. The van der Waals surface area contributed by atoms with Gasteiger partial charge in [0.2, 0.25) is 0 Å². The van der Waals surface area contributed by atoms with Crippen molar-refractivity contribution in [1.82, 2.24) is 0 Å². The molecule has 0 bridgehead atoms. The summed E-state index contributed by atoms with van der Waals surface area (Å²) < 4.78 is 17.6. The lowest BCUT2D eigenvalue weighted by molar-refractivity contribution is 0.0113. The van der Waals surface area contributed by atoms with Crippen LogP contribution in [-0.4, -0.2) is 37.6 Å². The van der Waals surface area contributed by atoms with Crippen LogP contribution < -0.4 is 0 Å². The first-order valence-corrected chi connectivity index (χ1v) is 15.6. The molecule has 0 saturated carbocycles. The van der Waals surface area contributed by atoms with Gasteiger partial charge in [0.1, 0.15) is 24.4 Å². The van der Waals surface area contributed by atoms with Crippen LogP contribution in [-0.2, 0) is 14.2 Å². The van der Waals surface area contributed by atoms with Gasteiger partial charge in [-0.15, -0.1) is 0 Å². The van der Waals surface area contributed by atoms with E-state index in [9.17, 15) is 0 Å². The highest BCUT2D eigenvalue weighted by Gasteiger charge is 2.38. The SMILES string of the molecule is CCCCCCCCCCC/C=C/C(OC(/C=C/CCCCCCCCCCC)C1CO1)C1CO1. The van der Waals surface area contributed by atoms with Crippen molar-refractivity contribution in [3.63, 3.8) is 0 Å². The van der Waals surface area contributed by atoms with Gasteiger partial charge in [0.05, 0.1) is 13.2 Å². The fraction of sp³-hybridized carbons (Fsp3) is 0.875. The number of rotatable bonds is 26. The normalized spacial score (nSPS) is 21.2. The molecule has 0 amide bonds. The van der Waals surface area contributed by atoms with Crippen LogP contribution in [0.1, 0.15) is 142 Å². The molecule has 2 rings (SSSR count). The Morgan fingerprint density at radius 2 is 0.857 bits per heavy atom. The second-order valence-corrected chi connectivity index (χ2v) is 10.9. The van der Waals surface area contributed by atoms with Gasteiger partial charge >= 0.3 is 0 Å². The van der Waals surface area contributed by atoms with Crippen molar-refractivity contribution >= 4 is 0 Å². The van der Waals surface area contributed by atoms with Crippen LogP contribution in [0.4, 0.5) is 0 Å². The molecule has 2 aliphatic rings. The fourth-order valence-corrected chi connectivity index (χ4v) is 4.79. The smallest absolute Gasteiger partial charge is 0.111 e. The largest absolute Gasteiger partial charge is 0.370 e. The van der Waals surface area contributed by atoms with E-state index in [0.717, 1.165) is 26.1 Å². The maximum absolute atomic E-state index is 6.46. The molecule has 4 unspecified atom stereocenters. The predicted molar refractivity (Wildman–Crippen MR) is 150 cm³/mol. The molecule has 2 saturated heterocycles.